The van der Waals surface area contributed by atoms with Crippen molar-refractivity contribution in [3.8, 4) is 0 Å². The molecule has 3 rings (SSSR count). The van der Waals surface area contributed by atoms with Crippen LogP contribution in [-0.4, -0.2) is 16.8 Å². The number of aromatic nitrogens is 2. The molecular weight excluding hydrogens is 262 g/mol. The number of hydrogen-bond acceptors (Lipinski definition) is 3. The lowest BCUT2D eigenvalue weighted by molar-refractivity contribution is 0.459. The molecule has 4 nitrogen and oxygen atoms in total. The van der Waals surface area contributed by atoms with E-state index in [9.17, 15) is 0 Å². The van der Waals surface area contributed by atoms with Gasteiger partial charge in [-0.1, -0.05) is 18.6 Å². The molecule has 21 heavy (non-hydrogen) atoms. The molecule has 4 heteroatoms. The molecule has 0 saturated carbocycles. The van der Waals surface area contributed by atoms with Gasteiger partial charge in [-0.25, -0.2) is 0 Å². The van der Waals surface area contributed by atoms with Gasteiger partial charge in [0, 0.05) is 18.1 Å². The Balaban J connectivity index is 2.03. The summed E-state index contributed by atoms with van der Waals surface area (Å²) in [6.45, 7) is 5.17. The summed E-state index contributed by atoms with van der Waals surface area (Å²) in [5.74, 6) is 0.927. The number of benzene rings is 1. The summed E-state index contributed by atoms with van der Waals surface area (Å²) in [5.41, 5.74) is 3.31. The molecule has 0 fully saturated rings. The molecule has 2 aromatic heterocycles. The van der Waals surface area contributed by atoms with Crippen LogP contribution in [0.3, 0.4) is 0 Å². The Hall–Kier alpha value is -2.07. The summed E-state index contributed by atoms with van der Waals surface area (Å²) in [7, 11) is 1.95. The lowest BCUT2D eigenvalue weighted by Crippen LogP contribution is -2.21. The molecule has 0 radical (unpaired) electrons. The van der Waals surface area contributed by atoms with Crippen LogP contribution in [0.1, 0.15) is 36.4 Å². The predicted octanol–water partition coefficient (Wildman–Crippen LogP) is 3.66. The highest BCUT2D eigenvalue weighted by Gasteiger charge is 2.20. The highest BCUT2D eigenvalue weighted by Crippen LogP contribution is 2.28. The number of furan rings is 1. The van der Waals surface area contributed by atoms with E-state index >= 15 is 0 Å². The van der Waals surface area contributed by atoms with E-state index in [0.717, 1.165) is 35.4 Å². The van der Waals surface area contributed by atoms with Crippen LogP contribution in [0, 0.1) is 6.92 Å². The summed E-state index contributed by atoms with van der Waals surface area (Å²) >= 11 is 0. The van der Waals surface area contributed by atoms with E-state index in [2.05, 4.69) is 48.5 Å². The topological polar surface area (TPSA) is 43.0 Å². The number of nitrogens with zero attached hydrogens (tertiary/aromatic N) is 2. The molecular formula is C17H21N3O. The van der Waals surface area contributed by atoms with Crippen molar-refractivity contribution in [2.45, 2.75) is 32.9 Å². The van der Waals surface area contributed by atoms with Gasteiger partial charge >= 0.3 is 0 Å². The van der Waals surface area contributed by atoms with E-state index in [4.69, 9.17) is 4.42 Å². The zero-order valence-electron chi connectivity index (χ0n) is 12.8. The second-order valence-electron chi connectivity index (χ2n) is 5.39. The van der Waals surface area contributed by atoms with E-state index < -0.39 is 0 Å². The van der Waals surface area contributed by atoms with Gasteiger partial charge in [0.15, 0.2) is 0 Å². The van der Waals surface area contributed by atoms with Crippen molar-refractivity contribution in [1.29, 1.82) is 0 Å². The van der Waals surface area contributed by atoms with Crippen LogP contribution in [0.15, 0.2) is 40.9 Å². The van der Waals surface area contributed by atoms with Crippen LogP contribution in [0.5, 0.6) is 0 Å². The van der Waals surface area contributed by atoms with Gasteiger partial charge in [-0.3, -0.25) is 4.68 Å². The molecule has 3 aromatic rings. The molecule has 0 spiro atoms. The molecule has 0 bridgehead atoms. The molecule has 0 aliphatic heterocycles. The predicted molar refractivity (Wildman–Crippen MR) is 84.4 cm³/mol. The largest absolute Gasteiger partial charge is 0.459 e. The van der Waals surface area contributed by atoms with Crippen molar-refractivity contribution in [2.24, 2.45) is 0 Å². The molecule has 1 unspecified atom stereocenters. The molecule has 1 aromatic carbocycles. The summed E-state index contributed by atoms with van der Waals surface area (Å²) in [4.78, 5) is 0. The van der Waals surface area contributed by atoms with Crippen molar-refractivity contribution in [1.82, 2.24) is 15.1 Å². The van der Waals surface area contributed by atoms with Gasteiger partial charge in [0.25, 0.3) is 0 Å². The van der Waals surface area contributed by atoms with Crippen LogP contribution < -0.4 is 5.32 Å². The van der Waals surface area contributed by atoms with Gasteiger partial charge in [-0.05, 0) is 44.7 Å². The first-order valence-corrected chi connectivity index (χ1v) is 7.42. The van der Waals surface area contributed by atoms with Gasteiger partial charge in [0.2, 0.25) is 0 Å². The standard InChI is InChI=1S/C17H21N3O/c1-4-9-20-14(7-8-19-20)17(18-3)16-11-13-10-12(2)5-6-15(13)21-16/h5-8,10-11,17-18H,4,9H2,1-3H3. The Morgan fingerprint density at radius 2 is 2.14 bits per heavy atom. The Bertz CT molecular complexity index is 741. The molecule has 0 saturated heterocycles. The average Bonchev–Trinajstić information content (AvgIpc) is 3.07. The van der Waals surface area contributed by atoms with Crippen molar-refractivity contribution in [3.05, 3.63) is 53.5 Å². The fourth-order valence-corrected chi connectivity index (χ4v) is 2.75. The lowest BCUT2D eigenvalue weighted by Gasteiger charge is -2.15. The highest BCUT2D eigenvalue weighted by molar-refractivity contribution is 5.78. The van der Waals surface area contributed by atoms with Crippen LogP contribution in [-0.2, 0) is 6.54 Å². The third-order valence-corrected chi connectivity index (χ3v) is 3.74. The maximum atomic E-state index is 6.03. The van der Waals surface area contributed by atoms with E-state index in [0.29, 0.717) is 0 Å². The molecule has 0 aliphatic rings. The zero-order valence-corrected chi connectivity index (χ0v) is 12.8. The van der Waals surface area contributed by atoms with Crippen LogP contribution >= 0.6 is 0 Å². The smallest absolute Gasteiger partial charge is 0.134 e. The second-order valence-corrected chi connectivity index (χ2v) is 5.39. The van der Waals surface area contributed by atoms with Crippen LogP contribution in [0.25, 0.3) is 11.0 Å². The summed E-state index contributed by atoms with van der Waals surface area (Å²) in [5, 5.41) is 8.89. The van der Waals surface area contributed by atoms with Crippen LogP contribution in [0.4, 0.5) is 0 Å². The number of nitrogens with one attached hydrogen (secondary N) is 1. The first-order chi connectivity index (χ1) is 10.2. The average molecular weight is 283 g/mol. The van der Waals surface area contributed by atoms with Gasteiger partial charge in [0.05, 0.1) is 5.69 Å². The van der Waals surface area contributed by atoms with E-state index in [1.54, 1.807) is 0 Å². The van der Waals surface area contributed by atoms with E-state index in [1.807, 2.05) is 24.0 Å². The van der Waals surface area contributed by atoms with Crippen molar-refractivity contribution in [3.63, 3.8) is 0 Å². The fraction of sp³-hybridized carbons (Fsp3) is 0.353. The minimum Gasteiger partial charge on any atom is -0.459 e. The monoisotopic (exact) mass is 283 g/mol. The molecule has 0 aliphatic carbocycles. The first-order valence-electron chi connectivity index (χ1n) is 7.42. The number of fused-ring (bicyclic) bond motifs is 1. The zero-order chi connectivity index (χ0) is 14.8. The third-order valence-electron chi connectivity index (χ3n) is 3.74. The second kappa shape index (κ2) is 5.74. The van der Waals surface area contributed by atoms with Crippen LogP contribution in [0.2, 0.25) is 0 Å². The third kappa shape index (κ3) is 2.59. The number of hydrogen-bond donors (Lipinski definition) is 1. The lowest BCUT2D eigenvalue weighted by atomic mass is 10.1. The Kier molecular flexibility index (Phi) is 3.80. The normalized spacial score (nSPS) is 12.9. The minimum absolute atomic E-state index is 0.0201. The Labute approximate surface area is 124 Å². The molecule has 1 N–H and O–H groups in total. The highest BCUT2D eigenvalue weighted by atomic mass is 16.3. The number of rotatable bonds is 5. The SMILES string of the molecule is CCCn1nccc1C(NC)c1cc2cc(C)ccc2o1. The Morgan fingerprint density at radius 1 is 1.29 bits per heavy atom. The summed E-state index contributed by atoms with van der Waals surface area (Å²) < 4.78 is 8.07. The summed E-state index contributed by atoms with van der Waals surface area (Å²) in [6, 6.07) is 10.4. The first kappa shape index (κ1) is 13.9. The quantitative estimate of drug-likeness (QED) is 0.777. The van der Waals surface area contributed by atoms with Gasteiger partial charge in [0.1, 0.15) is 17.4 Å². The van der Waals surface area contributed by atoms with Gasteiger partial charge < -0.3 is 9.73 Å². The molecule has 110 valence electrons. The number of aryl methyl sites for hydroxylation is 2. The fourth-order valence-electron chi connectivity index (χ4n) is 2.75. The summed E-state index contributed by atoms with van der Waals surface area (Å²) in [6.07, 6.45) is 2.91. The van der Waals surface area contributed by atoms with E-state index in [-0.39, 0.29) is 6.04 Å². The van der Waals surface area contributed by atoms with E-state index in [1.165, 1.54) is 5.56 Å². The van der Waals surface area contributed by atoms with Crippen molar-refractivity contribution < 1.29 is 4.42 Å². The van der Waals surface area contributed by atoms with Gasteiger partial charge in [-0.15, -0.1) is 0 Å². The maximum absolute atomic E-state index is 6.03. The molecule has 1 atom stereocenters. The van der Waals surface area contributed by atoms with Crippen molar-refractivity contribution in [2.75, 3.05) is 7.05 Å². The Morgan fingerprint density at radius 3 is 2.90 bits per heavy atom. The molecule has 0 amide bonds. The minimum atomic E-state index is 0.0201. The van der Waals surface area contributed by atoms with Crippen molar-refractivity contribution >= 4 is 11.0 Å². The maximum Gasteiger partial charge on any atom is 0.134 e. The molecule has 2 heterocycles. The van der Waals surface area contributed by atoms with Gasteiger partial charge in [-0.2, -0.15) is 5.10 Å².